The van der Waals surface area contributed by atoms with Crippen molar-refractivity contribution in [2.24, 2.45) is 0 Å². The minimum Gasteiger partial charge on any atom is -0.493 e. The van der Waals surface area contributed by atoms with Gasteiger partial charge in [-0.1, -0.05) is 64.7 Å². The van der Waals surface area contributed by atoms with Gasteiger partial charge < -0.3 is 10.5 Å². The van der Waals surface area contributed by atoms with E-state index in [1.165, 1.54) is 63.5 Å². The molecule has 1 aromatic carbocycles. The normalized spacial score (nSPS) is 11.6. The highest BCUT2D eigenvalue weighted by molar-refractivity contribution is 7.85. The number of rotatable bonds is 13. The van der Waals surface area contributed by atoms with E-state index in [9.17, 15) is 8.42 Å². The molecule has 0 aliphatic rings. The molecule has 0 aromatic heterocycles. The minimum atomic E-state index is -4.26. The average Bonchev–Trinajstić information content (AvgIpc) is 2.51. The first kappa shape index (κ1) is 20.8. The molecule has 0 bridgehead atoms. The van der Waals surface area contributed by atoms with E-state index in [0.29, 0.717) is 12.4 Å². The van der Waals surface area contributed by atoms with Crippen LogP contribution in [0.5, 0.6) is 5.75 Å². The second-order valence-electron chi connectivity index (χ2n) is 6.24. The molecule has 1 rings (SSSR count). The number of unbranched alkanes of at least 4 members (excludes halogenated alkanes) is 9. The molecule has 6 heteroatoms. The molecule has 0 saturated heterocycles. The van der Waals surface area contributed by atoms with Crippen LogP contribution in [0, 0.1) is 0 Å². The Morgan fingerprint density at radius 1 is 0.917 bits per heavy atom. The number of benzene rings is 1. The van der Waals surface area contributed by atoms with E-state index >= 15 is 0 Å². The molecular weight excluding hydrogens is 326 g/mol. The summed E-state index contributed by atoms with van der Waals surface area (Å²) in [5.74, 6) is 0.374. The fourth-order valence-electron chi connectivity index (χ4n) is 2.61. The number of hydrogen-bond acceptors (Lipinski definition) is 4. The summed E-state index contributed by atoms with van der Waals surface area (Å²) < 4.78 is 36.9. The zero-order chi connectivity index (χ0) is 17.8. The van der Waals surface area contributed by atoms with Crippen molar-refractivity contribution in [3.8, 4) is 5.75 Å². The molecule has 5 nitrogen and oxygen atoms in total. The standard InChI is InChI=1S/C18H31NO4S/c1-2-3-4-5-6-7-8-9-10-11-12-23-17-13-16(19)14-18(15-17)24(20,21)22/h13-15H,2-12,19H2,1H3,(H,20,21,22). The van der Waals surface area contributed by atoms with Crippen LogP contribution in [-0.4, -0.2) is 19.6 Å². The molecule has 0 heterocycles. The number of anilines is 1. The minimum absolute atomic E-state index is 0.236. The summed E-state index contributed by atoms with van der Waals surface area (Å²) in [7, 11) is -4.26. The molecule has 3 N–H and O–H groups in total. The second kappa shape index (κ2) is 11.3. The fraction of sp³-hybridized carbons (Fsp3) is 0.667. The summed E-state index contributed by atoms with van der Waals surface area (Å²) in [6.45, 7) is 2.75. The number of nitrogen functional groups attached to an aromatic ring is 1. The summed E-state index contributed by atoms with van der Waals surface area (Å²) in [5, 5.41) is 0. The van der Waals surface area contributed by atoms with Gasteiger partial charge in [-0.2, -0.15) is 8.42 Å². The van der Waals surface area contributed by atoms with E-state index in [0.717, 1.165) is 12.8 Å². The van der Waals surface area contributed by atoms with Gasteiger partial charge in [0.25, 0.3) is 10.1 Å². The van der Waals surface area contributed by atoms with Gasteiger partial charge in [-0.05, 0) is 12.5 Å². The molecule has 0 unspecified atom stereocenters. The van der Waals surface area contributed by atoms with Gasteiger partial charge in [0, 0.05) is 17.8 Å². The van der Waals surface area contributed by atoms with Crippen LogP contribution in [0.2, 0.25) is 0 Å². The van der Waals surface area contributed by atoms with Crippen molar-refractivity contribution in [1.29, 1.82) is 0 Å². The molecule has 0 aliphatic heterocycles. The van der Waals surface area contributed by atoms with Crippen molar-refractivity contribution in [3.05, 3.63) is 18.2 Å². The van der Waals surface area contributed by atoms with Gasteiger partial charge in [0.15, 0.2) is 0 Å². The van der Waals surface area contributed by atoms with Crippen LogP contribution < -0.4 is 10.5 Å². The molecule has 138 valence electrons. The van der Waals surface area contributed by atoms with Crippen LogP contribution >= 0.6 is 0 Å². The maximum absolute atomic E-state index is 11.1. The van der Waals surface area contributed by atoms with E-state index in [2.05, 4.69) is 6.92 Å². The Hall–Kier alpha value is -1.27. The van der Waals surface area contributed by atoms with Gasteiger partial charge in [-0.25, -0.2) is 0 Å². The molecule has 24 heavy (non-hydrogen) atoms. The van der Waals surface area contributed by atoms with Crippen molar-refractivity contribution in [2.45, 2.75) is 76.0 Å². The van der Waals surface area contributed by atoms with Crippen LogP contribution in [0.25, 0.3) is 0 Å². The lowest BCUT2D eigenvalue weighted by Gasteiger charge is -2.08. The molecule has 0 radical (unpaired) electrons. The Bertz CT molecular complexity index is 572. The van der Waals surface area contributed by atoms with Crippen molar-refractivity contribution in [1.82, 2.24) is 0 Å². The van der Waals surface area contributed by atoms with Crippen LogP contribution in [0.4, 0.5) is 5.69 Å². The number of hydrogen-bond donors (Lipinski definition) is 2. The predicted octanol–water partition coefficient (Wildman–Crippen LogP) is 4.82. The van der Waals surface area contributed by atoms with Crippen molar-refractivity contribution in [3.63, 3.8) is 0 Å². The predicted molar refractivity (Wildman–Crippen MR) is 98.0 cm³/mol. The highest BCUT2D eigenvalue weighted by Crippen LogP contribution is 2.22. The molecule has 1 aromatic rings. The Morgan fingerprint density at radius 2 is 1.46 bits per heavy atom. The molecule has 0 aliphatic carbocycles. The summed E-state index contributed by atoms with van der Waals surface area (Å²) >= 11 is 0. The topological polar surface area (TPSA) is 89.6 Å². The number of nitrogens with two attached hydrogens (primary N) is 1. The average molecular weight is 358 g/mol. The largest absolute Gasteiger partial charge is 0.493 e. The molecule has 0 saturated carbocycles. The third kappa shape index (κ3) is 9.13. The maximum Gasteiger partial charge on any atom is 0.294 e. The highest BCUT2D eigenvalue weighted by Gasteiger charge is 2.12. The van der Waals surface area contributed by atoms with E-state index in [-0.39, 0.29) is 10.6 Å². The lowest BCUT2D eigenvalue weighted by molar-refractivity contribution is 0.303. The summed E-state index contributed by atoms with van der Waals surface area (Å²) in [6.07, 6.45) is 12.5. The zero-order valence-corrected chi connectivity index (χ0v) is 15.5. The number of ether oxygens (including phenoxy) is 1. The second-order valence-corrected chi connectivity index (χ2v) is 7.66. The van der Waals surface area contributed by atoms with Crippen molar-refractivity contribution >= 4 is 15.8 Å². The molecule has 0 spiro atoms. The van der Waals surface area contributed by atoms with E-state index in [1.54, 1.807) is 6.07 Å². The van der Waals surface area contributed by atoms with Gasteiger partial charge in [-0.3, -0.25) is 4.55 Å². The Balaban J connectivity index is 2.14. The van der Waals surface area contributed by atoms with Crippen LogP contribution in [0.15, 0.2) is 23.1 Å². The van der Waals surface area contributed by atoms with Crippen LogP contribution in [-0.2, 0) is 10.1 Å². The first-order valence-electron chi connectivity index (χ1n) is 8.94. The quantitative estimate of drug-likeness (QED) is 0.300. The first-order chi connectivity index (χ1) is 11.4. The summed E-state index contributed by atoms with van der Waals surface area (Å²) in [5.41, 5.74) is 5.88. The van der Waals surface area contributed by atoms with Gasteiger partial charge in [0.05, 0.1) is 11.5 Å². The third-order valence-corrected chi connectivity index (χ3v) is 4.80. The molecular formula is C18H31NO4S. The van der Waals surface area contributed by atoms with Crippen LogP contribution in [0.3, 0.4) is 0 Å². The van der Waals surface area contributed by atoms with Crippen molar-refractivity contribution in [2.75, 3.05) is 12.3 Å². The summed E-state index contributed by atoms with van der Waals surface area (Å²) in [6, 6.07) is 4.07. The van der Waals surface area contributed by atoms with Crippen LogP contribution in [0.1, 0.15) is 71.1 Å². The SMILES string of the molecule is CCCCCCCCCCCCOc1cc(N)cc(S(=O)(=O)O)c1. The lowest BCUT2D eigenvalue weighted by Crippen LogP contribution is -2.03. The van der Waals surface area contributed by atoms with Gasteiger partial charge in [-0.15, -0.1) is 0 Å². The smallest absolute Gasteiger partial charge is 0.294 e. The Morgan fingerprint density at radius 3 is 2.00 bits per heavy atom. The lowest BCUT2D eigenvalue weighted by atomic mass is 10.1. The maximum atomic E-state index is 11.1. The van der Waals surface area contributed by atoms with Gasteiger partial charge >= 0.3 is 0 Å². The highest BCUT2D eigenvalue weighted by atomic mass is 32.2. The van der Waals surface area contributed by atoms with Crippen molar-refractivity contribution < 1.29 is 17.7 Å². The molecule has 0 amide bonds. The van der Waals surface area contributed by atoms with E-state index in [4.69, 9.17) is 15.0 Å². The first-order valence-corrected chi connectivity index (χ1v) is 10.4. The van der Waals surface area contributed by atoms with Gasteiger partial charge in [0.2, 0.25) is 0 Å². The molecule has 0 fully saturated rings. The van der Waals surface area contributed by atoms with E-state index < -0.39 is 10.1 Å². The summed E-state index contributed by atoms with van der Waals surface area (Å²) in [4.78, 5) is -0.236. The Labute approximate surface area is 146 Å². The van der Waals surface area contributed by atoms with Gasteiger partial charge in [0.1, 0.15) is 5.75 Å². The third-order valence-electron chi connectivity index (χ3n) is 3.97. The fourth-order valence-corrected chi connectivity index (χ4v) is 3.16. The Kier molecular flexibility index (Phi) is 9.79. The molecule has 0 atom stereocenters. The zero-order valence-electron chi connectivity index (χ0n) is 14.7. The van der Waals surface area contributed by atoms with E-state index in [1.807, 2.05) is 0 Å². The monoisotopic (exact) mass is 357 g/mol.